The number of para-hydroxylation sites is 1. The molecule has 0 aliphatic rings. The molecule has 4 heterocycles. The van der Waals surface area contributed by atoms with Crippen molar-refractivity contribution in [1.82, 2.24) is 24.9 Å². The van der Waals surface area contributed by atoms with Crippen LogP contribution in [0.25, 0.3) is 33.0 Å². The van der Waals surface area contributed by atoms with Crippen LogP contribution in [0.1, 0.15) is 21.6 Å². The molecule has 0 saturated heterocycles. The van der Waals surface area contributed by atoms with Crippen molar-refractivity contribution in [2.75, 3.05) is 12.4 Å². The van der Waals surface area contributed by atoms with Crippen LogP contribution in [-0.4, -0.2) is 43.0 Å². The molecule has 174 valence electrons. The number of rotatable bonds is 6. The van der Waals surface area contributed by atoms with E-state index in [1.807, 2.05) is 37.3 Å². The second-order valence-electron chi connectivity index (χ2n) is 7.64. The molecule has 4 aromatic heterocycles. The van der Waals surface area contributed by atoms with Crippen molar-refractivity contribution in [1.29, 1.82) is 0 Å². The maximum absolute atomic E-state index is 13.2. The second kappa shape index (κ2) is 9.53. The molecule has 0 bridgehead atoms. The van der Waals surface area contributed by atoms with Crippen molar-refractivity contribution >= 4 is 32.9 Å². The van der Waals surface area contributed by atoms with Gasteiger partial charge in [-0.15, -0.1) is 0 Å². The number of anilines is 1. The highest BCUT2D eigenvalue weighted by atomic mass is 32.1. The van der Waals surface area contributed by atoms with Crippen LogP contribution in [0.15, 0.2) is 61.1 Å². The lowest BCUT2D eigenvalue weighted by atomic mass is 9.99. The van der Waals surface area contributed by atoms with Crippen LogP contribution in [0.2, 0.25) is 0 Å². The summed E-state index contributed by atoms with van der Waals surface area (Å²) in [6, 6.07) is 12.9. The Morgan fingerprint density at radius 2 is 1.86 bits per heavy atom. The zero-order valence-electron chi connectivity index (χ0n) is 18.9. The molecular weight excluding hydrogens is 464 g/mol. The Hall–Kier alpha value is -4.28. The van der Waals surface area contributed by atoms with Crippen LogP contribution in [0.4, 0.5) is 5.13 Å². The van der Waals surface area contributed by atoms with Crippen molar-refractivity contribution in [3.05, 3.63) is 77.9 Å². The Kier molecular flexibility index (Phi) is 6.13. The van der Waals surface area contributed by atoms with E-state index < -0.39 is 0 Å². The van der Waals surface area contributed by atoms with Crippen molar-refractivity contribution in [2.45, 2.75) is 13.5 Å². The van der Waals surface area contributed by atoms with E-state index in [1.54, 1.807) is 37.8 Å². The van der Waals surface area contributed by atoms with Crippen LogP contribution >= 0.6 is 11.3 Å². The summed E-state index contributed by atoms with van der Waals surface area (Å²) in [7, 11) is 1.60. The Morgan fingerprint density at radius 3 is 2.63 bits per heavy atom. The molecule has 1 aromatic carbocycles. The van der Waals surface area contributed by atoms with Gasteiger partial charge in [-0.1, -0.05) is 35.6 Å². The van der Waals surface area contributed by atoms with E-state index in [0.29, 0.717) is 49.4 Å². The van der Waals surface area contributed by atoms with E-state index in [4.69, 9.17) is 4.74 Å². The van der Waals surface area contributed by atoms with Gasteiger partial charge in [0.1, 0.15) is 11.4 Å². The monoisotopic (exact) mass is 484 g/mol. The van der Waals surface area contributed by atoms with E-state index in [-0.39, 0.29) is 12.5 Å². The number of pyridine rings is 2. The topological polar surface area (TPSA) is 123 Å². The fourth-order valence-electron chi connectivity index (χ4n) is 3.56. The number of ether oxygens (including phenoxy) is 1. The smallest absolute Gasteiger partial charge is 0.259 e. The lowest BCUT2D eigenvalue weighted by Gasteiger charge is -2.13. The molecule has 0 atom stereocenters. The van der Waals surface area contributed by atoms with E-state index in [9.17, 15) is 9.90 Å². The number of nitrogens with one attached hydrogen (secondary N) is 1. The molecule has 0 fully saturated rings. The van der Waals surface area contributed by atoms with Gasteiger partial charge >= 0.3 is 0 Å². The zero-order chi connectivity index (χ0) is 24.4. The third-order valence-corrected chi connectivity index (χ3v) is 6.15. The summed E-state index contributed by atoms with van der Waals surface area (Å²) < 4.78 is 5.50. The van der Waals surface area contributed by atoms with Crippen LogP contribution in [0.5, 0.6) is 5.75 Å². The fourth-order valence-corrected chi connectivity index (χ4v) is 4.36. The maximum Gasteiger partial charge on any atom is 0.259 e. The van der Waals surface area contributed by atoms with Crippen LogP contribution < -0.4 is 10.1 Å². The number of carbonyl (C=O) groups is 1. The SMILES string of the molecule is COc1ccccc1-c1cc(C)ncc1C(=O)Nc1nc2ncc(-c3ccc(CO)cn3)nc2s1. The summed E-state index contributed by atoms with van der Waals surface area (Å²) in [6.45, 7) is 1.79. The van der Waals surface area contributed by atoms with E-state index in [0.717, 1.165) is 11.3 Å². The summed E-state index contributed by atoms with van der Waals surface area (Å²) in [5, 5.41) is 12.4. The maximum atomic E-state index is 13.2. The summed E-state index contributed by atoms with van der Waals surface area (Å²) in [6.07, 6.45) is 4.73. The molecule has 35 heavy (non-hydrogen) atoms. The van der Waals surface area contributed by atoms with Crippen molar-refractivity contribution in [2.24, 2.45) is 0 Å². The first-order chi connectivity index (χ1) is 17.1. The molecular formula is C25H20N6O3S. The first-order valence-electron chi connectivity index (χ1n) is 10.7. The summed E-state index contributed by atoms with van der Waals surface area (Å²) in [5.41, 5.74) is 5.02. The number of aliphatic hydroxyl groups is 1. The minimum atomic E-state index is -0.348. The number of methoxy groups -OCH3 is 1. The number of thiazole rings is 1. The molecule has 10 heteroatoms. The van der Waals surface area contributed by atoms with Crippen LogP contribution in [0.3, 0.4) is 0 Å². The molecule has 0 spiro atoms. The quantitative estimate of drug-likeness (QED) is 0.366. The van der Waals surface area contributed by atoms with E-state index >= 15 is 0 Å². The molecule has 0 radical (unpaired) electrons. The lowest BCUT2D eigenvalue weighted by Crippen LogP contribution is -2.14. The number of carbonyl (C=O) groups excluding carboxylic acids is 1. The average Bonchev–Trinajstić information content (AvgIpc) is 3.30. The summed E-state index contributed by atoms with van der Waals surface area (Å²) in [4.78, 5) is 35.8. The molecule has 0 saturated carbocycles. The van der Waals surface area contributed by atoms with Gasteiger partial charge in [-0.05, 0) is 30.7 Å². The lowest BCUT2D eigenvalue weighted by molar-refractivity contribution is 0.102. The van der Waals surface area contributed by atoms with Gasteiger partial charge in [0.15, 0.2) is 15.6 Å². The fraction of sp³-hybridized carbons (Fsp3) is 0.120. The predicted molar refractivity (Wildman–Crippen MR) is 133 cm³/mol. The Balaban J connectivity index is 1.45. The number of hydrogen-bond donors (Lipinski definition) is 2. The number of fused-ring (bicyclic) bond motifs is 1. The van der Waals surface area contributed by atoms with Gasteiger partial charge in [-0.25, -0.2) is 9.97 Å². The zero-order valence-corrected chi connectivity index (χ0v) is 19.7. The number of aliphatic hydroxyl groups excluding tert-OH is 1. The molecule has 5 aromatic rings. The third-order valence-electron chi connectivity index (χ3n) is 5.30. The predicted octanol–water partition coefficient (Wildman–Crippen LogP) is 4.27. The minimum Gasteiger partial charge on any atom is -0.496 e. The molecule has 9 nitrogen and oxygen atoms in total. The Labute approximate surface area is 204 Å². The Bertz CT molecular complexity index is 1530. The molecule has 0 aliphatic carbocycles. The van der Waals surface area contributed by atoms with Crippen molar-refractivity contribution < 1.29 is 14.6 Å². The normalized spacial score (nSPS) is 10.9. The minimum absolute atomic E-state index is 0.0782. The third kappa shape index (κ3) is 4.57. The number of nitrogens with zero attached hydrogens (tertiary/aromatic N) is 5. The highest BCUT2D eigenvalue weighted by molar-refractivity contribution is 7.21. The molecule has 0 aliphatic heterocycles. The first kappa shape index (κ1) is 22.5. The van der Waals surface area contributed by atoms with E-state index in [2.05, 4.69) is 30.2 Å². The number of amides is 1. The van der Waals surface area contributed by atoms with Gasteiger partial charge in [0, 0.05) is 29.2 Å². The van der Waals surface area contributed by atoms with Crippen LogP contribution in [-0.2, 0) is 6.61 Å². The molecule has 1 amide bonds. The van der Waals surface area contributed by atoms with Gasteiger partial charge < -0.3 is 9.84 Å². The number of benzene rings is 1. The van der Waals surface area contributed by atoms with Crippen molar-refractivity contribution in [3.63, 3.8) is 0 Å². The second-order valence-corrected chi connectivity index (χ2v) is 8.62. The first-order valence-corrected chi connectivity index (χ1v) is 11.5. The number of aryl methyl sites for hydroxylation is 1. The van der Waals surface area contributed by atoms with Gasteiger partial charge in [-0.3, -0.25) is 20.1 Å². The van der Waals surface area contributed by atoms with Gasteiger partial charge in [-0.2, -0.15) is 4.98 Å². The summed E-state index contributed by atoms with van der Waals surface area (Å²) in [5.74, 6) is 0.313. The highest BCUT2D eigenvalue weighted by Crippen LogP contribution is 2.33. The van der Waals surface area contributed by atoms with E-state index in [1.165, 1.54) is 11.3 Å². The number of aromatic nitrogens is 5. The molecule has 2 N–H and O–H groups in total. The van der Waals surface area contributed by atoms with Crippen LogP contribution in [0, 0.1) is 6.92 Å². The molecule has 5 rings (SSSR count). The van der Waals surface area contributed by atoms with Gasteiger partial charge in [0.05, 0.1) is 31.2 Å². The highest BCUT2D eigenvalue weighted by Gasteiger charge is 2.19. The Morgan fingerprint density at radius 1 is 1.00 bits per heavy atom. The summed E-state index contributed by atoms with van der Waals surface area (Å²) >= 11 is 1.22. The van der Waals surface area contributed by atoms with Crippen molar-refractivity contribution in [3.8, 4) is 28.3 Å². The standard InChI is InChI=1S/C25H20N6O3S/c1-14-9-17(16-5-3-4-6-21(16)34-2)18(11-26-14)23(33)31-25-30-22-24(35-25)29-20(12-28-22)19-8-7-15(13-32)10-27-19/h3-12,32H,13H2,1-2H3,(H,28,30,31,33). The van der Waals surface area contributed by atoms with Gasteiger partial charge in [0.2, 0.25) is 0 Å². The number of hydrogen-bond acceptors (Lipinski definition) is 9. The average molecular weight is 485 g/mol. The van der Waals surface area contributed by atoms with Gasteiger partial charge in [0.25, 0.3) is 5.91 Å². The largest absolute Gasteiger partial charge is 0.496 e. The molecule has 0 unspecified atom stereocenters.